The van der Waals surface area contributed by atoms with Crippen LogP contribution in [0.5, 0.6) is 5.75 Å². The lowest BCUT2D eigenvalue weighted by Crippen LogP contribution is -2.07. The molecule has 156 valence electrons. The summed E-state index contributed by atoms with van der Waals surface area (Å²) in [5.74, 6) is 0.830. The molecule has 1 aliphatic carbocycles. The van der Waals surface area contributed by atoms with Gasteiger partial charge in [-0.15, -0.1) is 0 Å². The average Bonchev–Trinajstić information content (AvgIpc) is 3.52. The summed E-state index contributed by atoms with van der Waals surface area (Å²) in [6, 6.07) is 20.0. The largest absolute Gasteiger partial charge is 0.507 e. The highest BCUT2D eigenvalue weighted by Gasteiger charge is 2.47. The Morgan fingerprint density at radius 3 is 2.55 bits per heavy atom. The van der Waals surface area contributed by atoms with Gasteiger partial charge in [-0.25, -0.2) is 0 Å². The summed E-state index contributed by atoms with van der Waals surface area (Å²) < 4.78 is 0. The number of hydrogen-bond donors (Lipinski definition) is 1. The lowest BCUT2D eigenvalue weighted by atomic mass is 9.83. The molecule has 1 heterocycles. The van der Waals surface area contributed by atoms with Crippen LogP contribution in [0.25, 0.3) is 10.8 Å². The molecule has 1 saturated carbocycles. The first-order chi connectivity index (χ1) is 14.9. The summed E-state index contributed by atoms with van der Waals surface area (Å²) in [4.78, 5) is 4.52. The highest BCUT2D eigenvalue weighted by molar-refractivity contribution is 6.41. The fourth-order valence-electron chi connectivity index (χ4n) is 4.68. The normalized spacial score (nSPS) is 18.8. The molecule has 1 aliphatic rings. The molecule has 0 spiro atoms. The predicted molar refractivity (Wildman–Crippen MR) is 129 cm³/mol. The molecule has 1 N–H and O–H groups in total. The number of aryl methyl sites for hydroxylation is 1. The second kappa shape index (κ2) is 8.02. The SMILES string of the molecule is Cc1cc(Cl)cc(C(c2ccc3ccccc3c2O)C2CC2c2cc(Cl)c(Cl)cn2)c1. The van der Waals surface area contributed by atoms with E-state index in [0.29, 0.717) is 20.8 Å². The number of benzene rings is 3. The Balaban J connectivity index is 1.63. The molecule has 0 saturated heterocycles. The van der Waals surface area contributed by atoms with E-state index in [-0.39, 0.29) is 17.8 Å². The number of phenolic OH excluding ortho intramolecular Hbond substituents is 1. The first kappa shape index (κ1) is 20.6. The van der Waals surface area contributed by atoms with Crippen LogP contribution < -0.4 is 0 Å². The zero-order valence-corrected chi connectivity index (χ0v) is 19.1. The van der Waals surface area contributed by atoms with Gasteiger partial charge in [0.1, 0.15) is 5.75 Å². The van der Waals surface area contributed by atoms with Crippen LogP contribution >= 0.6 is 34.8 Å². The van der Waals surface area contributed by atoms with Gasteiger partial charge in [0.2, 0.25) is 0 Å². The molecule has 3 aromatic carbocycles. The van der Waals surface area contributed by atoms with Crippen LogP contribution in [0.4, 0.5) is 0 Å². The summed E-state index contributed by atoms with van der Waals surface area (Å²) in [6.07, 6.45) is 2.56. The van der Waals surface area contributed by atoms with E-state index in [4.69, 9.17) is 34.8 Å². The minimum Gasteiger partial charge on any atom is -0.507 e. The van der Waals surface area contributed by atoms with Gasteiger partial charge in [-0.3, -0.25) is 4.98 Å². The summed E-state index contributed by atoms with van der Waals surface area (Å²) >= 11 is 18.7. The molecule has 31 heavy (non-hydrogen) atoms. The standard InChI is InChI=1S/C26H20Cl3NO/c1-14-8-16(10-17(27)9-14)25(19-7-6-15-4-2-3-5-18(15)26(19)31)21-11-20(21)24-12-22(28)23(29)13-30-24/h2-10,12-13,20-21,25,31H,11H2,1H3. The minimum atomic E-state index is -0.0109. The Labute approximate surface area is 196 Å². The summed E-state index contributed by atoms with van der Waals surface area (Å²) in [5.41, 5.74) is 4.04. The number of nitrogens with zero attached hydrogens (tertiary/aromatic N) is 1. The molecule has 1 fully saturated rings. The van der Waals surface area contributed by atoms with Crippen molar-refractivity contribution >= 4 is 45.6 Å². The van der Waals surface area contributed by atoms with E-state index in [0.717, 1.165) is 39.6 Å². The molecule has 3 atom stereocenters. The van der Waals surface area contributed by atoms with E-state index in [1.54, 1.807) is 6.20 Å². The second-order valence-corrected chi connectivity index (χ2v) is 9.54. The van der Waals surface area contributed by atoms with Crippen molar-refractivity contribution in [2.75, 3.05) is 0 Å². The van der Waals surface area contributed by atoms with Crippen molar-refractivity contribution in [3.8, 4) is 5.75 Å². The fraction of sp³-hybridized carbons (Fsp3) is 0.192. The zero-order valence-electron chi connectivity index (χ0n) is 16.8. The molecular weight excluding hydrogens is 449 g/mol. The Hall–Kier alpha value is -2.26. The van der Waals surface area contributed by atoms with Crippen LogP contribution in [0.2, 0.25) is 15.1 Å². The summed E-state index contributed by atoms with van der Waals surface area (Å²) in [5, 5.41) is 14.8. The maximum absolute atomic E-state index is 11.2. The molecule has 0 bridgehead atoms. The molecule has 4 aromatic rings. The van der Waals surface area contributed by atoms with Gasteiger partial charge in [0, 0.05) is 39.7 Å². The lowest BCUT2D eigenvalue weighted by Gasteiger charge is -2.21. The lowest BCUT2D eigenvalue weighted by molar-refractivity contribution is 0.467. The highest BCUT2D eigenvalue weighted by Crippen LogP contribution is 2.58. The number of fused-ring (bicyclic) bond motifs is 1. The van der Waals surface area contributed by atoms with Gasteiger partial charge in [-0.1, -0.05) is 77.3 Å². The third-order valence-electron chi connectivity index (χ3n) is 6.17. The van der Waals surface area contributed by atoms with Crippen LogP contribution in [0.15, 0.2) is 66.9 Å². The Bertz CT molecular complexity index is 1280. The van der Waals surface area contributed by atoms with Gasteiger partial charge < -0.3 is 5.11 Å². The Morgan fingerprint density at radius 2 is 1.77 bits per heavy atom. The average molecular weight is 469 g/mol. The van der Waals surface area contributed by atoms with Crippen molar-refractivity contribution in [3.05, 3.63) is 104 Å². The number of halogens is 3. The number of pyridine rings is 1. The van der Waals surface area contributed by atoms with Crippen LogP contribution in [0.1, 0.15) is 40.6 Å². The fourth-order valence-corrected chi connectivity index (χ4v) is 5.24. The highest BCUT2D eigenvalue weighted by atomic mass is 35.5. The first-order valence-electron chi connectivity index (χ1n) is 10.2. The molecule has 0 radical (unpaired) electrons. The van der Waals surface area contributed by atoms with Gasteiger partial charge in [-0.05, 0) is 54.0 Å². The summed E-state index contributed by atoms with van der Waals surface area (Å²) in [6.45, 7) is 2.04. The molecular formula is C26H20Cl3NO. The topological polar surface area (TPSA) is 33.1 Å². The van der Waals surface area contributed by atoms with Crippen molar-refractivity contribution in [1.82, 2.24) is 4.98 Å². The van der Waals surface area contributed by atoms with Crippen LogP contribution in [0.3, 0.4) is 0 Å². The third-order valence-corrected chi connectivity index (χ3v) is 7.10. The van der Waals surface area contributed by atoms with Crippen LogP contribution in [-0.4, -0.2) is 10.1 Å². The molecule has 1 aromatic heterocycles. The van der Waals surface area contributed by atoms with Crippen molar-refractivity contribution in [2.24, 2.45) is 5.92 Å². The van der Waals surface area contributed by atoms with Crippen molar-refractivity contribution in [2.45, 2.75) is 25.2 Å². The van der Waals surface area contributed by atoms with Gasteiger partial charge in [0.15, 0.2) is 0 Å². The molecule has 5 heteroatoms. The predicted octanol–water partition coefficient (Wildman–Crippen LogP) is 8.14. The third kappa shape index (κ3) is 3.89. The Kier molecular flexibility index (Phi) is 5.34. The van der Waals surface area contributed by atoms with Crippen molar-refractivity contribution < 1.29 is 5.11 Å². The van der Waals surface area contributed by atoms with Gasteiger partial charge in [0.25, 0.3) is 0 Å². The van der Waals surface area contributed by atoms with Crippen LogP contribution in [0, 0.1) is 12.8 Å². The number of aromatic nitrogens is 1. The quantitative estimate of drug-likeness (QED) is 0.328. The minimum absolute atomic E-state index is 0.0109. The maximum atomic E-state index is 11.2. The number of aromatic hydroxyl groups is 1. The van der Waals surface area contributed by atoms with E-state index in [2.05, 4.69) is 17.1 Å². The molecule has 5 rings (SSSR count). The monoisotopic (exact) mass is 467 g/mol. The van der Waals surface area contributed by atoms with Gasteiger partial charge in [-0.2, -0.15) is 0 Å². The number of phenols is 1. The maximum Gasteiger partial charge on any atom is 0.127 e. The zero-order chi connectivity index (χ0) is 21.7. The van der Waals surface area contributed by atoms with Crippen molar-refractivity contribution in [3.63, 3.8) is 0 Å². The smallest absolute Gasteiger partial charge is 0.127 e. The van der Waals surface area contributed by atoms with Crippen molar-refractivity contribution in [1.29, 1.82) is 0 Å². The summed E-state index contributed by atoms with van der Waals surface area (Å²) in [7, 11) is 0. The van der Waals surface area contributed by atoms with Gasteiger partial charge in [0.05, 0.1) is 10.0 Å². The Morgan fingerprint density at radius 1 is 0.968 bits per heavy atom. The number of rotatable bonds is 4. The van der Waals surface area contributed by atoms with Crippen LogP contribution in [-0.2, 0) is 0 Å². The van der Waals surface area contributed by atoms with E-state index in [1.165, 1.54) is 0 Å². The van der Waals surface area contributed by atoms with E-state index in [1.807, 2.05) is 55.5 Å². The molecule has 3 unspecified atom stereocenters. The molecule has 0 amide bonds. The number of hydrogen-bond acceptors (Lipinski definition) is 2. The van der Waals surface area contributed by atoms with E-state index in [9.17, 15) is 5.11 Å². The molecule has 2 nitrogen and oxygen atoms in total. The van der Waals surface area contributed by atoms with E-state index >= 15 is 0 Å². The molecule has 0 aliphatic heterocycles. The first-order valence-corrected chi connectivity index (χ1v) is 11.3. The van der Waals surface area contributed by atoms with E-state index < -0.39 is 0 Å². The van der Waals surface area contributed by atoms with Gasteiger partial charge >= 0.3 is 0 Å². The second-order valence-electron chi connectivity index (χ2n) is 8.29.